The van der Waals surface area contributed by atoms with Gasteiger partial charge in [-0.1, -0.05) is 0 Å². The number of nitro groups is 2. The van der Waals surface area contributed by atoms with Crippen LogP contribution < -0.4 is 4.74 Å². The molecule has 0 heterocycles. The quantitative estimate of drug-likeness (QED) is 0.449. The van der Waals surface area contributed by atoms with Gasteiger partial charge in [-0.15, -0.1) is 0 Å². The molecule has 0 unspecified atom stereocenters. The maximum atomic E-state index is 11.1. The van der Waals surface area contributed by atoms with Crippen LogP contribution in [0.25, 0.3) is 0 Å². The van der Waals surface area contributed by atoms with Gasteiger partial charge in [0.25, 0.3) is 5.75 Å². The molecule has 1 aromatic rings. The number of nitrogens with zero attached hydrogens (tertiary/aromatic N) is 2. The highest BCUT2D eigenvalue weighted by atomic mass is 16.6. The number of rotatable bonds is 4. The summed E-state index contributed by atoms with van der Waals surface area (Å²) in [5.74, 6) is -0.969. The molecule has 17 heavy (non-hydrogen) atoms. The summed E-state index contributed by atoms with van der Waals surface area (Å²) < 4.78 is 4.64. The summed E-state index contributed by atoms with van der Waals surface area (Å²) in [4.78, 5) is 30.9. The van der Waals surface area contributed by atoms with Gasteiger partial charge in [-0.3, -0.25) is 25.0 Å². The predicted octanol–water partition coefficient (Wildman–Crippen LogP) is 1.71. The van der Waals surface area contributed by atoms with Gasteiger partial charge in [0.1, 0.15) is 0 Å². The lowest BCUT2D eigenvalue weighted by molar-refractivity contribution is -0.395. The zero-order chi connectivity index (χ0) is 13.2. The summed E-state index contributed by atoms with van der Waals surface area (Å²) in [5.41, 5.74) is -1.32. The molecule has 0 aliphatic carbocycles. The van der Waals surface area contributed by atoms with Crippen molar-refractivity contribution >= 4 is 17.2 Å². The normalized spacial score (nSPS) is 9.76. The monoisotopic (exact) mass is 240 g/mol. The van der Waals surface area contributed by atoms with Gasteiger partial charge in [0, 0.05) is 17.7 Å². The number of hydrogen-bond acceptors (Lipinski definition) is 6. The number of carbonyl (C=O) groups excluding carboxylic acids is 1. The van der Waals surface area contributed by atoms with E-state index in [1.54, 1.807) is 0 Å². The fourth-order valence-corrected chi connectivity index (χ4v) is 1.28. The Balaban J connectivity index is 3.63. The number of benzene rings is 1. The van der Waals surface area contributed by atoms with Gasteiger partial charge in [0.05, 0.1) is 17.0 Å². The number of carbonyl (C=O) groups is 1. The first kappa shape index (κ1) is 12.6. The first-order valence-electron chi connectivity index (χ1n) is 4.40. The highest BCUT2D eigenvalue weighted by Crippen LogP contribution is 2.37. The predicted molar refractivity (Wildman–Crippen MR) is 56.3 cm³/mol. The van der Waals surface area contributed by atoms with E-state index in [1.165, 1.54) is 0 Å². The first-order chi connectivity index (χ1) is 7.88. The third-order valence-corrected chi connectivity index (χ3v) is 2.05. The molecule has 8 heteroatoms. The second kappa shape index (κ2) is 4.56. The number of ketones is 1. The zero-order valence-corrected chi connectivity index (χ0v) is 9.00. The van der Waals surface area contributed by atoms with E-state index in [1.807, 2.05) is 0 Å². The molecule has 0 aromatic heterocycles. The van der Waals surface area contributed by atoms with Gasteiger partial charge >= 0.3 is 11.4 Å². The number of Topliss-reactive ketones (excluding diaryl/α,β-unsaturated/α-hetero) is 1. The van der Waals surface area contributed by atoms with Crippen molar-refractivity contribution in [1.29, 1.82) is 0 Å². The van der Waals surface area contributed by atoms with E-state index in [-0.39, 0.29) is 5.56 Å². The Kier molecular flexibility index (Phi) is 3.37. The molecule has 0 bridgehead atoms. The molecule has 8 nitrogen and oxygen atoms in total. The summed E-state index contributed by atoms with van der Waals surface area (Å²) >= 11 is 0. The van der Waals surface area contributed by atoms with Crippen LogP contribution in [0, 0.1) is 20.2 Å². The van der Waals surface area contributed by atoms with Crippen molar-refractivity contribution in [2.45, 2.75) is 6.92 Å². The van der Waals surface area contributed by atoms with Crippen LogP contribution in [0.1, 0.15) is 17.3 Å². The molecule has 0 aliphatic heterocycles. The van der Waals surface area contributed by atoms with Crippen molar-refractivity contribution in [3.05, 3.63) is 37.9 Å². The van der Waals surface area contributed by atoms with E-state index in [4.69, 9.17) is 0 Å². The number of ether oxygens (including phenoxy) is 1. The lowest BCUT2D eigenvalue weighted by atomic mass is 10.1. The molecular formula is C9H8N2O6. The molecule has 0 saturated carbocycles. The minimum Gasteiger partial charge on any atom is -0.485 e. The Morgan fingerprint density at radius 3 is 1.82 bits per heavy atom. The van der Waals surface area contributed by atoms with Gasteiger partial charge in [-0.25, -0.2) is 0 Å². The fourth-order valence-electron chi connectivity index (χ4n) is 1.28. The van der Waals surface area contributed by atoms with Crippen LogP contribution in [-0.2, 0) is 0 Å². The number of hydrogen-bond donors (Lipinski definition) is 0. The lowest BCUT2D eigenvalue weighted by Crippen LogP contribution is -2.02. The standard InChI is InChI=1S/C9H8N2O6/c1-5(12)6-3-7(10(13)14)9(17-2)8(4-6)11(15)16/h3-4H,1-2H3. The molecule has 90 valence electrons. The Morgan fingerprint density at radius 2 is 1.59 bits per heavy atom. The molecule has 0 aliphatic rings. The Hall–Kier alpha value is -2.51. The van der Waals surface area contributed by atoms with E-state index < -0.39 is 32.8 Å². The number of nitro benzene ring substituents is 2. The van der Waals surface area contributed by atoms with Crippen LogP contribution in [0.4, 0.5) is 11.4 Å². The molecule has 1 aromatic carbocycles. The minimum atomic E-state index is -0.835. The molecule has 0 radical (unpaired) electrons. The largest absolute Gasteiger partial charge is 0.485 e. The van der Waals surface area contributed by atoms with E-state index in [0.29, 0.717) is 0 Å². The van der Waals surface area contributed by atoms with Crippen LogP contribution in [0.15, 0.2) is 12.1 Å². The zero-order valence-electron chi connectivity index (χ0n) is 9.00. The van der Waals surface area contributed by atoms with Crippen molar-refractivity contribution in [3.8, 4) is 5.75 Å². The van der Waals surface area contributed by atoms with E-state index in [0.717, 1.165) is 26.2 Å². The second-order valence-corrected chi connectivity index (χ2v) is 3.12. The number of methoxy groups -OCH3 is 1. The minimum absolute atomic E-state index is 0.107. The molecule has 0 saturated heterocycles. The molecule has 0 spiro atoms. The Labute approximate surface area is 95.1 Å². The van der Waals surface area contributed by atoms with Crippen molar-refractivity contribution in [2.24, 2.45) is 0 Å². The first-order valence-corrected chi connectivity index (χ1v) is 4.40. The third kappa shape index (κ3) is 2.36. The Bertz CT molecular complexity index is 475. The maximum Gasteiger partial charge on any atom is 0.318 e. The van der Waals surface area contributed by atoms with Crippen LogP contribution in [0.3, 0.4) is 0 Å². The molecule has 0 fully saturated rings. The third-order valence-electron chi connectivity index (χ3n) is 2.05. The van der Waals surface area contributed by atoms with Crippen LogP contribution in [0.2, 0.25) is 0 Å². The summed E-state index contributed by atoms with van der Waals surface area (Å²) in [5, 5.41) is 21.4. The van der Waals surface area contributed by atoms with Crippen molar-refractivity contribution in [1.82, 2.24) is 0 Å². The average Bonchev–Trinajstić information content (AvgIpc) is 2.26. The van der Waals surface area contributed by atoms with E-state index >= 15 is 0 Å². The lowest BCUT2D eigenvalue weighted by Gasteiger charge is -2.04. The van der Waals surface area contributed by atoms with Gasteiger partial charge in [0.2, 0.25) is 0 Å². The van der Waals surface area contributed by atoms with Gasteiger partial charge in [-0.2, -0.15) is 0 Å². The molecule has 0 atom stereocenters. The molecule has 1 rings (SSSR count). The van der Waals surface area contributed by atoms with Gasteiger partial charge in [0.15, 0.2) is 5.78 Å². The van der Waals surface area contributed by atoms with E-state index in [9.17, 15) is 25.0 Å². The Morgan fingerprint density at radius 1 is 1.18 bits per heavy atom. The van der Waals surface area contributed by atoms with Crippen LogP contribution >= 0.6 is 0 Å². The smallest absolute Gasteiger partial charge is 0.318 e. The molecular weight excluding hydrogens is 232 g/mol. The van der Waals surface area contributed by atoms with E-state index in [2.05, 4.69) is 4.74 Å². The van der Waals surface area contributed by atoms with Crippen LogP contribution in [0.5, 0.6) is 5.75 Å². The summed E-state index contributed by atoms with van der Waals surface area (Å²) in [6.45, 7) is 1.16. The van der Waals surface area contributed by atoms with Crippen molar-refractivity contribution in [3.63, 3.8) is 0 Å². The fraction of sp³-hybridized carbons (Fsp3) is 0.222. The van der Waals surface area contributed by atoms with Gasteiger partial charge in [-0.05, 0) is 6.92 Å². The summed E-state index contributed by atoms with van der Waals surface area (Å²) in [6, 6.07) is 1.91. The van der Waals surface area contributed by atoms with Crippen LogP contribution in [-0.4, -0.2) is 22.7 Å². The maximum absolute atomic E-state index is 11.1. The SMILES string of the molecule is COc1c([N+](=O)[O-])cc(C(C)=O)cc1[N+](=O)[O-]. The molecule has 0 N–H and O–H groups in total. The van der Waals surface area contributed by atoms with Gasteiger partial charge < -0.3 is 4.74 Å². The second-order valence-electron chi connectivity index (χ2n) is 3.12. The van der Waals surface area contributed by atoms with Crippen molar-refractivity contribution in [2.75, 3.05) is 7.11 Å². The highest BCUT2D eigenvalue weighted by Gasteiger charge is 2.28. The topological polar surface area (TPSA) is 113 Å². The highest BCUT2D eigenvalue weighted by molar-refractivity contribution is 5.96. The molecule has 0 amide bonds. The average molecular weight is 240 g/mol. The van der Waals surface area contributed by atoms with Crippen molar-refractivity contribution < 1.29 is 19.4 Å². The summed E-state index contributed by atoms with van der Waals surface area (Å²) in [7, 11) is 1.09. The summed E-state index contributed by atoms with van der Waals surface area (Å²) in [6.07, 6.45) is 0.